The van der Waals surface area contributed by atoms with Gasteiger partial charge in [0.1, 0.15) is 12.4 Å². The molecule has 3 aliphatic rings. The zero-order valence-corrected chi connectivity index (χ0v) is 28.8. The summed E-state index contributed by atoms with van der Waals surface area (Å²) >= 11 is 0. The summed E-state index contributed by atoms with van der Waals surface area (Å²) in [5.74, 6) is 1.79. The summed E-state index contributed by atoms with van der Waals surface area (Å²) in [6, 6.07) is 13.3. The van der Waals surface area contributed by atoms with Crippen LogP contribution in [-0.4, -0.2) is 64.9 Å². The number of ether oxygens (including phenoxy) is 1. The molecule has 12 heteroatoms. The van der Waals surface area contributed by atoms with E-state index >= 15 is 0 Å². The fraction of sp³-hybridized carbons (Fsp3) is 0.417. The minimum Gasteiger partial charge on any atom is -0.475 e. The number of rotatable bonds is 5. The molecular weight excluding hydrogens is 627 g/mol. The van der Waals surface area contributed by atoms with Crippen molar-refractivity contribution in [2.24, 2.45) is 17.3 Å². The molecule has 2 aromatic carbocycles. The SMILES string of the molecule is Cc1cccc(C)c1-c1cc2nc(n1)NS(=O)(=O)c1cccc(c1)C(=O)N(Cc1ncc(N3CC4CC4C3)cn1)[C@H](CC(C)(C)C)CO2. The highest BCUT2D eigenvalue weighted by Gasteiger charge is 2.45. The lowest BCUT2D eigenvalue weighted by Crippen LogP contribution is -2.45. The number of aromatic nitrogens is 4. The molecular formula is C36H41N7O4S. The maximum Gasteiger partial charge on any atom is 0.264 e. The van der Waals surface area contributed by atoms with Crippen LogP contribution in [0.5, 0.6) is 5.88 Å². The summed E-state index contributed by atoms with van der Waals surface area (Å²) < 4.78 is 36.2. The van der Waals surface area contributed by atoms with E-state index in [1.54, 1.807) is 23.1 Å². The molecule has 1 aliphatic carbocycles. The van der Waals surface area contributed by atoms with E-state index in [1.807, 2.05) is 44.4 Å². The van der Waals surface area contributed by atoms with Crippen LogP contribution in [-0.2, 0) is 16.6 Å². The number of benzene rings is 2. The highest BCUT2D eigenvalue weighted by molar-refractivity contribution is 7.92. The van der Waals surface area contributed by atoms with E-state index in [9.17, 15) is 13.2 Å². The summed E-state index contributed by atoms with van der Waals surface area (Å²) in [5, 5.41) is 0. The molecule has 1 N–H and O–H groups in total. The monoisotopic (exact) mass is 667 g/mol. The van der Waals surface area contributed by atoms with E-state index in [1.165, 1.54) is 18.6 Å². The second kappa shape index (κ2) is 12.1. The summed E-state index contributed by atoms with van der Waals surface area (Å²) in [5.41, 5.74) is 4.39. The molecule has 2 fully saturated rings. The van der Waals surface area contributed by atoms with E-state index < -0.39 is 16.1 Å². The molecule has 7 rings (SSSR count). The fourth-order valence-electron chi connectivity index (χ4n) is 6.90. The van der Waals surface area contributed by atoms with Gasteiger partial charge in [0.15, 0.2) is 0 Å². The van der Waals surface area contributed by atoms with Gasteiger partial charge in [-0.05, 0) is 73.3 Å². The molecule has 1 saturated carbocycles. The first-order valence-electron chi connectivity index (χ1n) is 16.4. The molecule has 1 amide bonds. The molecule has 2 aromatic heterocycles. The van der Waals surface area contributed by atoms with Crippen molar-refractivity contribution in [1.82, 2.24) is 24.8 Å². The van der Waals surface area contributed by atoms with Gasteiger partial charge in [0, 0.05) is 30.3 Å². The quantitative estimate of drug-likeness (QED) is 0.287. The van der Waals surface area contributed by atoms with Crippen molar-refractivity contribution in [1.29, 1.82) is 0 Å². The van der Waals surface area contributed by atoms with E-state index in [0.29, 0.717) is 17.9 Å². The van der Waals surface area contributed by atoms with Crippen LogP contribution in [0.3, 0.4) is 0 Å². The third-order valence-electron chi connectivity index (χ3n) is 9.38. The molecule has 4 bridgehead atoms. The number of hydrogen-bond donors (Lipinski definition) is 1. The lowest BCUT2D eigenvalue weighted by molar-refractivity contribution is 0.0505. The predicted molar refractivity (Wildman–Crippen MR) is 183 cm³/mol. The normalized spacial score (nSPS) is 21.7. The standard InChI is InChI=1S/C36H41N7O4S/c1-22-8-6-9-23(2)33(22)30-14-32-40-35(39-30)41-48(45,46)29-11-7-10-24(13-29)34(44)43(27(21-47-32)15-36(3,4)5)20-31-37-16-28(17-38-31)42-18-25-12-26(25)19-42/h6-11,13-14,16-17,25-27H,12,15,18-21H2,1-5H3,(H,39,40,41)/t25?,26?,27-/m1/s1. The highest BCUT2D eigenvalue weighted by atomic mass is 32.2. The average molecular weight is 668 g/mol. The number of fused-ring (bicyclic) bond motifs is 5. The lowest BCUT2D eigenvalue weighted by Gasteiger charge is -2.35. The van der Waals surface area contributed by atoms with Gasteiger partial charge in [-0.1, -0.05) is 45.0 Å². The van der Waals surface area contributed by atoms with Crippen molar-refractivity contribution in [2.45, 2.75) is 64.9 Å². The number of nitrogens with zero attached hydrogens (tertiary/aromatic N) is 6. The number of carbonyl (C=O) groups excluding carboxylic acids is 1. The summed E-state index contributed by atoms with van der Waals surface area (Å²) in [6.07, 6.45) is 5.57. The maximum absolute atomic E-state index is 14.4. The number of amides is 1. The average Bonchev–Trinajstić information content (AvgIpc) is 3.64. The molecule has 1 saturated heterocycles. The molecule has 250 valence electrons. The van der Waals surface area contributed by atoms with Crippen LogP contribution in [0.2, 0.25) is 0 Å². The zero-order chi connectivity index (χ0) is 33.8. The van der Waals surface area contributed by atoms with Crippen molar-refractivity contribution in [2.75, 3.05) is 29.3 Å². The van der Waals surface area contributed by atoms with Crippen LogP contribution in [0.4, 0.5) is 11.6 Å². The van der Waals surface area contributed by atoms with E-state index in [-0.39, 0.29) is 46.8 Å². The first-order chi connectivity index (χ1) is 22.8. The molecule has 0 radical (unpaired) electrons. The molecule has 3 atom stereocenters. The Morgan fingerprint density at radius 2 is 1.65 bits per heavy atom. The first-order valence-corrected chi connectivity index (χ1v) is 17.9. The summed E-state index contributed by atoms with van der Waals surface area (Å²) in [4.78, 5) is 36.8. The molecule has 0 spiro atoms. The fourth-order valence-corrected chi connectivity index (χ4v) is 7.89. The van der Waals surface area contributed by atoms with Crippen LogP contribution in [0, 0.1) is 31.1 Å². The maximum atomic E-state index is 14.4. The van der Waals surface area contributed by atoms with Gasteiger partial charge in [-0.3, -0.25) is 4.79 Å². The molecule has 11 nitrogen and oxygen atoms in total. The second-order valence-electron chi connectivity index (χ2n) is 14.5. The smallest absolute Gasteiger partial charge is 0.264 e. The molecule has 4 aromatic rings. The summed E-state index contributed by atoms with van der Waals surface area (Å²) in [6.45, 7) is 12.6. The Kier molecular flexibility index (Phi) is 8.09. The number of piperidine rings is 1. The van der Waals surface area contributed by atoms with Gasteiger partial charge in [0.2, 0.25) is 11.8 Å². The van der Waals surface area contributed by atoms with Gasteiger partial charge >= 0.3 is 0 Å². The van der Waals surface area contributed by atoms with Crippen molar-refractivity contribution in [3.63, 3.8) is 0 Å². The lowest BCUT2D eigenvalue weighted by atomic mass is 9.87. The Bertz CT molecular complexity index is 1950. The van der Waals surface area contributed by atoms with Crippen LogP contribution in [0.25, 0.3) is 11.3 Å². The van der Waals surface area contributed by atoms with Gasteiger partial charge in [-0.25, -0.2) is 28.1 Å². The number of nitrogens with one attached hydrogen (secondary N) is 1. The molecule has 4 heterocycles. The van der Waals surface area contributed by atoms with Crippen LogP contribution in [0.15, 0.2) is 65.8 Å². The minimum absolute atomic E-state index is 0.0762. The number of anilines is 2. The Balaban J connectivity index is 1.29. The van der Waals surface area contributed by atoms with Crippen LogP contribution in [0.1, 0.15) is 60.9 Å². The molecule has 48 heavy (non-hydrogen) atoms. The largest absolute Gasteiger partial charge is 0.475 e. The first kappa shape index (κ1) is 32.0. The van der Waals surface area contributed by atoms with Gasteiger partial charge in [0.25, 0.3) is 15.9 Å². The Labute approximate surface area is 281 Å². The Morgan fingerprint density at radius 1 is 0.958 bits per heavy atom. The highest BCUT2D eigenvalue weighted by Crippen LogP contribution is 2.46. The Hall–Kier alpha value is -4.58. The summed E-state index contributed by atoms with van der Waals surface area (Å²) in [7, 11) is -4.16. The van der Waals surface area contributed by atoms with Crippen LogP contribution < -0.4 is 14.4 Å². The van der Waals surface area contributed by atoms with E-state index in [2.05, 4.69) is 50.3 Å². The second-order valence-corrected chi connectivity index (χ2v) is 16.2. The third kappa shape index (κ3) is 6.71. The van der Waals surface area contributed by atoms with Gasteiger partial charge in [-0.15, -0.1) is 0 Å². The topological polar surface area (TPSA) is 131 Å². The van der Waals surface area contributed by atoms with Crippen molar-refractivity contribution < 1.29 is 17.9 Å². The number of hydrogen-bond acceptors (Lipinski definition) is 9. The van der Waals surface area contributed by atoms with Crippen molar-refractivity contribution in [3.8, 4) is 17.1 Å². The van der Waals surface area contributed by atoms with Gasteiger partial charge < -0.3 is 14.5 Å². The van der Waals surface area contributed by atoms with Gasteiger partial charge in [0.05, 0.1) is 41.3 Å². The number of aryl methyl sites for hydroxylation is 2. The van der Waals surface area contributed by atoms with Crippen molar-refractivity contribution >= 4 is 27.6 Å². The number of carbonyl (C=O) groups is 1. The van der Waals surface area contributed by atoms with Crippen LogP contribution >= 0.6 is 0 Å². The van der Waals surface area contributed by atoms with E-state index in [4.69, 9.17) is 4.74 Å². The zero-order valence-electron chi connectivity index (χ0n) is 28.0. The third-order valence-corrected chi connectivity index (χ3v) is 10.7. The predicted octanol–water partition coefficient (Wildman–Crippen LogP) is 5.65. The van der Waals surface area contributed by atoms with Crippen molar-refractivity contribution in [3.05, 3.63) is 83.4 Å². The molecule has 2 aliphatic heterocycles. The minimum atomic E-state index is -4.16. The van der Waals surface area contributed by atoms with E-state index in [0.717, 1.165) is 47.3 Å². The van der Waals surface area contributed by atoms with Gasteiger partial charge in [-0.2, -0.15) is 4.98 Å². The number of sulfonamides is 1. The molecule has 2 unspecified atom stereocenters. The Morgan fingerprint density at radius 3 is 2.33 bits per heavy atom.